The van der Waals surface area contributed by atoms with E-state index in [9.17, 15) is 4.79 Å². The molecular weight excluding hydrogens is 232 g/mol. The van der Waals surface area contributed by atoms with Crippen molar-refractivity contribution < 1.29 is 19.0 Å². The average molecular weight is 258 g/mol. The molecule has 0 bridgehead atoms. The Morgan fingerprint density at radius 1 is 1.28 bits per heavy atom. The zero-order chi connectivity index (χ0) is 13.9. The quantitative estimate of drug-likeness (QED) is 0.727. The molecule has 106 valence electrons. The fourth-order valence-electron chi connectivity index (χ4n) is 2.22. The molecular formula is C14H26O4. The van der Waals surface area contributed by atoms with Crippen LogP contribution in [-0.2, 0) is 19.0 Å². The van der Waals surface area contributed by atoms with E-state index in [4.69, 9.17) is 14.2 Å². The van der Waals surface area contributed by atoms with Crippen LogP contribution in [0.25, 0.3) is 0 Å². The lowest BCUT2D eigenvalue weighted by molar-refractivity contribution is -0.312. The molecule has 0 radical (unpaired) electrons. The number of carbonyl (C=O) groups excluding carboxylic acids is 1. The van der Waals surface area contributed by atoms with Crippen molar-refractivity contribution >= 4 is 5.97 Å². The number of rotatable bonds is 4. The first-order valence-corrected chi connectivity index (χ1v) is 6.79. The monoisotopic (exact) mass is 258 g/mol. The summed E-state index contributed by atoms with van der Waals surface area (Å²) in [6.45, 7) is 12.1. The van der Waals surface area contributed by atoms with Crippen LogP contribution in [-0.4, -0.2) is 30.6 Å². The van der Waals surface area contributed by atoms with Crippen LogP contribution in [0, 0.1) is 11.8 Å². The van der Waals surface area contributed by atoms with Crippen LogP contribution in [0.15, 0.2) is 0 Å². The van der Waals surface area contributed by atoms with E-state index >= 15 is 0 Å². The van der Waals surface area contributed by atoms with Gasteiger partial charge in [0.1, 0.15) is 0 Å². The second kappa shape index (κ2) is 6.02. The Balaban J connectivity index is 2.72. The molecule has 0 N–H and O–H groups in total. The van der Waals surface area contributed by atoms with Gasteiger partial charge in [0.25, 0.3) is 0 Å². The molecule has 0 saturated carbocycles. The minimum atomic E-state index is -0.640. The van der Waals surface area contributed by atoms with Crippen molar-refractivity contribution in [2.75, 3.05) is 6.61 Å². The van der Waals surface area contributed by atoms with Crippen molar-refractivity contribution in [3.8, 4) is 0 Å². The second-order valence-electron chi connectivity index (χ2n) is 5.73. The van der Waals surface area contributed by atoms with Gasteiger partial charge < -0.3 is 14.2 Å². The second-order valence-corrected chi connectivity index (χ2v) is 5.73. The molecule has 18 heavy (non-hydrogen) atoms. The lowest BCUT2D eigenvalue weighted by atomic mass is 9.92. The molecule has 0 unspecified atom stereocenters. The van der Waals surface area contributed by atoms with Crippen LogP contribution in [0.5, 0.6) is 0 Å². The molecule has 0 spiro atoms. The third kappa shape index (κ3) is 3.95. The zero-order valence-electron chi connectivity index (χ0n) is 12.4. The highest BCUT2D eigenvalue weighted by atomic mass is 16.7. The Morgan fingerprint density at radius 2 is 1.83 bits per heavy atom. The van der Waals surface area contributed by atoms with E-state index in [1.807, 2.05) is 27.7 Å². The fourth-order valence-corrected chi connectivity index (χ4v) is 2.22. The summed E-state index contributed by atoms with van der Waals surface area (Å²) >= 11 is 0. The van der Waals surface area contributed by atoms with Gasteiger partial charge in [-0.25, -0.2) is 0 Å². The molecule has 0 aromatic carbocycles. The molecule has 0 amide bonds. The van der Waals surface area contributed by atoms with Crippen molar-refractivity contribution in [3.05, 3.63) is 0 Å². The van der Waals surface area contributed by atoms with E-state index in [-0.39, 0.29) is 24.1 Å². The summed E-state index contributed by atoms with van der Waals surface area (Å²) in [7, 11) is 0. The van der Waals surface area contributed by atoms with Gasteiger partial charge in [0.05, 0.1) is 24.7 Å². The van der Waals surface area contributed by atoms with Crippen molar-refractivity contribution in [3.63, 3.8) is 0 Å². The van der Waals surface area contributed by atoms with Crippen molar-refractivity contribution in [2.24, 2.45) is 11.8 Å². The first kappa shape index (κ1) is 15.4. The third-order valence-corrected chi connectivity index (χ3v) is 3.29. The first-order valence-electron chi connectivity index (χ1n) is 6.79. The largest absolute Gasteiger partial charge is 0.466 e. The minimum Gasteiger partial charge on any atom is -0.466 e. The first-order chi connectivity index (χ1) is 8.26. The van der Waals surface area contributed by atoms with Crippen LogP contribution in [0.1, 0.15) is 48.0 Å². The Labute approximate surface area is 110 Å². The maximum Gasteiger partial charge on any atom is 0.311 e. The molecule has 0 aromatic heterocycles. The van der Waals surface area contributed by atoms with Crippen LogP contribution in [0.3, 0.4) is 0 Å². The highest BCUT2D eigenvalue weighted by molar-refractivity contribution is 5.72. The smallest absolute Gasteiger partial charge is 0.311 e. The van der Waals surface area contributed by atoms with E-state index in [1.165, 1.54) is 0 Å². The normalized spacial score (nSPS) is 29.1. The molecule has 1 aliphatic rings. The molecule has 4 nitrogen and oxygen atoms in total. The Kier molecular flexibility index (Phi) is 5.17. The van der Waals surface area contributed by atoms with Crippen molar-refractivity contribution in [1.82, 2.24) is 0 Å². The summed E-state index contributed by atoms with van der Waals surface area (Å²) in [5.74, 6) is -0.680. The maximum absolute atomic E-state index is 11.8. The van der Waals surface area contributed by atoms with Crippen LogP contribution >= 0.6 is 0 Å². The lowest BCUT2D eigenvalue weighted by Gasteiger charge is -2.43. The number of carbonyl (C=O) groups is 1. The van der Waals surface area contributed by atoms with Crippen LogP contribution in [0.2, 0.25) is 0 Å². The molecule has 0 aliphatic carbocycles. The highest BCUT2D eigenvalue weighted by Crippen LogP contribution is 2.33. The summed E-state index contributed by atoms with van der Waals surface area (Å²) in [6, 6.07) is 0. The number of ether oxygens (including phenoxy) is 3. The van der Waals surface area contributed by atoms with Crippen molar-refractivity contribution in [2.45, 2.75) is 66.0 Å². The van der Waals surface area contributed by atoms with Crippen LogP contribution < -0.4 is 0 Å². The minimum absolute atomic E-state index is 0.121. The predicted octanol–water partition coefficient (Wildman–Crippen LogP) is 2.75. The summed E-state index contributed by atoms with van der Waals surface area (Å²) in [5, 5.41) is 0. The van der Waals surface area contributed by atoms with E-state index in [2.05, 4.69) is 13.8 Å². The van der Waals surface area contributed by atoms with E-state index in [1.54, 1.807) is 0 Å². The van der Waals surface area contributed by atoms with Gasteiger partial charge in [-0.1, -0.05) is 13.8 Å². The summed E-state index contributed by atoms with van der Waals surface area (Å²) < 4.78 is 16.8. The number of hydrogen-bond acceptors (Lipinski definition) is 4. The van der Waals surface area contributed by atoms with Gasteiger partial charge in [-0.2, -0.15) is 0 Å². The molecule has 1 rings (SSSR count). The maximum atomic E-state index is 11.8. The van der Waals surface area contributed by atoms with Crippen LogP contribution in [0.4, 0.5) is 0 Å². The summed E-state index contributed by atoms with van der Waals surface area (Å²) in [5.41, 5.74) is 0. The highest BCUT2D eigenvalue weighted by Gasteiger charge is 2.41. The number of hydrogen-bond donors (Lipinski definition) is 0. The zero-order valence-corrected chi connectivity index (χ0v) is 12.4. The van der Waals surface area contributed by atoms with E-state index in [0.29, 0.717) is 12.5 Å². The molecule has 1 aliphatic heterocycles. The fraction of sp³-hybridized carbons (Fsp3) is 0.929. The third-order valence-electron chi connectivity index (χ3n) is 3.29. The van der Waals surface area contributed by atoms with Gasteiger partial charge in [-0.3, -0.25) is 4.79 Å². The molecule has 1 fully saturated rings. The van der Waals surface area contributed by atoms with Gasteiger partial charge in [0.15, 0.2) is 5.79 Å². The molecule has 3 atom stereocenters. The lowest BCUT2D eigenvalue weighted by Crippen LogP contribution is -2.49. The molecule has 4 heteroatoms. The standard InChI is InChI=1S/C14H26O4/c1-7-16-13(15)10(4)12-8-11(9(2)3)17-14(5,6)18-12/h9-12H,7-8H2,1-6H3/t10-,11-,12-/m0/s1. The SMILES string of the molecule is CCOC(=O)[C@@H](C)[C@@H]1C[C@@H](C(C)C)OC(C)(C)O1. The number of esters is 1. The average Bonchev–Trinajstić information content (AvgIpc) is 2.26. The Hall–Kier alpha value is -0.610. The molecule has 0 aromatic rings. The Bertz CT molecular complexity index is 286. The Morgan fingerprint density at radius 3 is 2.33 bits per heavy atom. The summed E-state index contributed by atoms with van der Waals surface area (Å²) in [4.78, 5) is 11.8. The van der Waals surface area contributed by atoms with E-state index < -0.39 is 5.79 Å². The van der Waals surface area contributed by atoms with Gasteiger partial charge in [0, 0.05) is 6.42 Å². The van der Waals surface area contributed by atoms with Gasteiger partial charge >= 0.3 is 5.97 Å². The topological polar surface area (TPSA) is 44.8 Å². The van der Waals surface area contributed by atoms with Crippen molar-refractivity contribution in [1.29, 1.82) is 0 Å². The van der Waals surface area contributed by atoms with Gasteiger partial charge in [0.2, 0.25) is 0 Å². The summed E-state index contributed by atoms with van der Waals surface area (Å²) in [6.07, 6.45) is 0.719. The van der Waals surface area contributed by atoms with Gasteiger partial charge in [-0.15, -0.1) is 0 Å². The van der Waals surface area contributed by atoms with E-state index in [0.717, 1.165) is 6.42 Å². The van der Waals surface area contributed by atoms with Gasteiger partial charge in [-0.05, 0) is 33.6 Å². The molecule has 1 heterocycles. The predicted molar refractivity (Wildman–Crippen MR) is 69.1 cm³/mol. The molecule has 1 saturated heterocycles.